The van der Waals surface area contributed by atoms with Crippen LogP contribution in [0.1, 0.15) is 29.2 Å². The number of benzene rings is 2. The Hall–Kier alpha value is -1.96. The van der Waals surface area contributed by atoms with Crippen LogP contribution in [0.5, 0.6) is 0 Å². The fourth-order valence-electron chi connectivity index (χ4n) is 2.39. The molecule has 3 aromatic rings. The first-order valence-corrected chi connectivity index (χ1v) is 10.4. The van der Waals surface area contributed by atoms with Crippen molar-refractivity contribution in [2.45, 2.75) is 24.9 Å². The fraction of sp³-hybridized carbons (Fsp3) is 0.222. The molecule has 0 saturated carbocycles. The third-order valence-electron chi connectivity index (χ3n) is 4.11. The van der Waals surface area contributed by atoms with E-state index in [0.29, 0.717) is 21.7 Å². The second kappa shape index (κ2) is 7.58. The molecule has 0 aliphatic heterocycles. The molecular weight excluding hydrogens is 414 g/mol. The lowest BCUT2D eigenvalue weighted by atomic mass is 10.1. The molecule has 3 rings (SSSR count). The number of hydrogen-bond acceptors (Lipinski definition) is 5. The Bertz CT molecular complexity index is 1100. The highest BCUT2D eigenvalue weighted by molar-refractivity contribution is 7.90. The Morgan fingerprint density at radius 3 is 2.56 bits per heavy atom. The van der Waals surface area contributed by atoms with E-state index >= 15 is 0 Å². The molecule has 27 heavy (non-hydrogen) atoms. The Labute approximate surface area is 166 Å². The molecule has 1 aromatic heterocycles. The molecule has 2 aromatic carbocycles. The quantitative estimate of drug-likeness (QED) is 0.560. The molecule has 0 spiro atoms. The predicted octanol–water partition coefficient (Wildman–Crippen LogP) is 5.17. The molecule has 1 unspecified atom stereocenters. The second-order valence-electron chi connectivity index (χ2n) is 6.12. The van der Waals surface area contributed by atoms with Gasteiger partial charge < -0.3 is 4.52 Å². The van der Waals surface area contributed by atoms with Crippen molar-refractivity contribution < 1.29 is 17.3 Å². The highest BCUT2D eigenvalue weighted by atomic mass is 35.5. The highest BCUT2D eigenvalue weighted by Gasteiger charge is 2.29. The summed E-state index contributed by atoms with van der Waals surface area (Å²) in [4.78, 5) is 4.12. The minimum atomic E-state index is -3.65. The molecule has 1 atom stereocenters. The predicted molar refractivity (Wildman–Crippen MR) is 102 cm³/mol. The van der Waals surface area contributed by atoms with Gasteiger partial charge in [0.05, 0.1) is 15.8 Å². The van der Waals surface area contributed by atoms with Gasteiger partial charge in [0.25, 0.3) is 0 Å². The molecule has 142 valence electrons. The van der Waals surface area contributed by atoms with Gasteiger partial charge in [0, 0.05) is 5.56 Å². The average molecular weight is 429 g/mol. The van der Waals surface area contributed by atoms with Crippen LogP contribution in [-0.2, 0) is 15.6 Å². The zero-order valence-corrected chi connectivity index (χ0v) is 16.7. The number of aryl methyl sites for hydroxylation is 1. The van der Waals surface area contributed by atoms with Gasteiger partial charge >= 0.3 is 0 Å². The maximum absolute atomic E-state index is 13.7. The van der Waals surface area contributed by atoms with Crippen molar-refractivity contribution in [3.8, 4) is 11.4 Å². The number of sulfone groups is 1. The van der Waals surface area contributed by atoms with E-state index in [2.05, 4.69) is 10.1 Å². The van der Waals surface area contributed by atoms with Crippen LogP contribution < -0.4 is 0 Å². The number of aromatic nitrogens is 2. The first-order valence-electron chi connectivity index (χ1n) is 7.93. The zero-order chi connectivity index (χ0) is 19.8. The van der Waals surface area contributed by atoms with Crippen LogP contribution in [0.2, 0.25) is 10.0 Å². The second-order valence-corrected chi connectivity index (χ2v) is 9.25. The van der Waals surface area contributed by atoms with E-state index in [4.69, 9.17) is 27.7 Å². The largest absolute Gasteiger partial charge is 0.338 e. The van der Waals surface area contributed by atoms with Crippen molar-refractivity contribution >= 4 is 33.0 Å². The Morgan fingerprint density at radius 2 is 1.89 bits per heavy atom. The molecular formula is C18H15Cl2FN2O3S. The van der Waals surface area contributed by atoms with Gasteiger partial charge in [-0.1, -0.05) is 46.6 Å². The summed E-state index contributed by atoms with van der Waals surface area (Å²) in [5.74, 6) is -0.604. The van der Waals surface area contributed by atoms with E-state index in [1.54, 1.807) is 25.1 Å². The molecule has 1 heterocycles. The lowest BCUT2D eigenvalue weighted by Crippen LogP contribution is -2.13. The van der Waals surface area contributed by atoms with Crippen molar-refractivity contribution in [3.63, 3.8) is 0 Å². The summed E-state index contributed by atoms with van der Waals surface area (Å²) in [6, 6.07) is 9.14. The van der Waals surface area contributed by atoms with E-state index < -0.39 is 20.9 Å². The standard InChI is InChI=1S/C18H15Cl2FN2O3S/c1-10-3-5-13(8-16(10)21)17-22-18(26-23-17)11(2)27(24,25)9-12-4-6-14(19)15(20)7-12/h3-8,11H,9H2,1-2H3. The van der Waals surface area contributed by atoms with E-state index in [0.717, 1.165) is 0 Å². The molecule has 0 saturated heterocycles. The summed E-state index contributed by atoms with van der Waals surface area (Å²) in [7, 11) is -3.65. The summed E-state index contributed by atoms with van der Waals surface area (Å²) in [5, 5.41) is 3.35. The Balaban J connectivity index is 1.84. The smallest absolute Gasteiger partial charge is 0.245 e. The molecule has 0 aliphatic rings. The van der Waals surface area contributed by atoms with Crippen LogP contribution in [0.15, 0.2) is 40.9 Å². The lowest BCUT2D eigenvalue weighted by Gasteiger charge is -2.09. The van der Waals surface area contributed by atoms with Crippen LogP contribution in [0.25, 0.3) is 11.4 Å². The summed E-state index contributed by atoms with van der Waals surface area (Å²) in [6.45, 7) is 3.10. The summed E-state index contributed by atoms with van der Waals surface area (Å²) >= 11 is 11.8. The number of hydrogen-bond donors (Lipinski definition) is 0. The van der Waals surface area contributed by atoms with E-state index in [9.17, 15) is 12.8 Å². The Morgan fingerprint density at radius 1 is 1.15 bits per heavy atom. The van der Waals surface area contributed by atoms with Crippen LogP contribution >= 0.6 is 23.2 Å². The van der Waals surface area contributed by atoms with Crippen molar-refractivity contribution in [2.75, 3.05) is 0 Å². The van der Waals surface area contributed by atoms with E-state index in [-0.39, 0.29) is 22.5 Å². The van der Waals surface area contributed by atoms with Crippen molar-refractivity contribution in [2.24, 2.45) is 0 Å². The molecule has 0 fully saturated rings. The molecule has 0 radical (unpaired) electrons. The third-order valence-corrected chi connectivity index (χ3v) is 6.86. The van der Waals surface area contributed by atoms with Gasteiger partial charge in [0.2, 0.25) is 11.7 Å². The molecule has 9 heteroatoms. The molecule has 0 N–H and O–H groups in total. The van der Waals surface area contributed by atoms with Gasteiger partial charge in [-0.2, -0.15) is 4.98 Å². The van der Waals surface area contributed by atoms with Gasteiger partial charge in [-0.05, 0) is 43.2 Å². The topological polar surface area (TPSA) is 73.1 Å². The van der Waals surface area contributed by atoms with Gasteiger partial charge in [0.15, 0.2) is 9.84 Å². The molecule has 0 aliphatic carbocycles. The molecule has 0 bridgehead atoms. The van der Waals surface area contributed by atoms with Crippen LogP contribution in [0, 0.1) is 12.7 Å². The fourth-order valence-corrected chi connectivity index (χ4v) is 4.01. The van der Waals surface area contributed by atoms with Gasteiger partial charge in [0.1, 0.15) is 11.1 Å². The van der Waals surface area contributed by atoms with E-state index in [1.807, 2.05) is 0 Å². The maximum atomic E-state index is 13.7. The minimum Gasteiger partial charge on any atom is -0.338 e. The average Bonchev–Trinajstić information content (AvgIpc) is 3.09. The summed E-state index contributed by atoms with van der Waals surface area (Å²) in [5.41, 5.74) is 1.39. The van der Waals surface area contributed by atoms with Crippen LogP contribution in [0.3, 0.4) is 0 Å². The summed E-state index contributed by atoms with van der Waals surface area (Å²) in [6.07, 6.45) is 0. The third kappa shape index (κ3) is 4.31. The molecule has 5 nitrogen and oxygen atoms in total. The van der Waals surface area contributed by atoms with Crippen LogP contribution in [-0.4, -0.2) is 18.6 Å². The number of rotatable bonds is 5. The minimum absolute atomic E-state index is 0.0638. The first-order chi connectivity index (χ1) is 12.7. The van der Waals surface area contributed by atoms with Gasteiger partial charge in [-0.15, -0.1) is 0 Å². The first kappa shape index (κ1) is 19.8. The van der Waals surface area contributed by atoms with Crippen molar-refractivity contribution in [3.05, 3.63) is 69.3 Å². The highest BCUT2D eigenvalue weighted by Crippen LogP contribution is 2.29. The van der Waals surface area contributed by atoms with Gasteiger partial charge in [-0.3, -0.25) is 0 Å². The lowest BCUT2D eigenvalue weighted by molar-refractivity contribution is 0.377. The summed E-state index contributed by atoms with van der Waals surface area (Å²) < 4.78 is 44.2. The van der Waals surface area contributed by atoms with E-state index in [1.165, 1.54) is 25.1 Å². The van der Waals surface area contributed by atoms with Crippen LogP contribution in [0.4, 0.5) is 4.39 Å². The van der Waals surface area contributed by atoms with Crippen molar-refractivity contribution in [1.29, 1.82) is 0 Å². The monoisotopic (exact) mass is 428 g/mol. The molecule has 0 amide bonds. The zero-order valence-electron chi connectivity index (χ0n) is 14.4. The normalized spacial score (nSPS) is 12.9. The Kier molecular flexibility index (Phi) is 5.55. The SMILES string of the molecule is Cc1ccc(-c2noc(C(C)S(=O)(=O)Cc3ccc(Cl)c(Cl)c3)n2)cc1F. The number of halogens is 3. The van der Waals surface area contributed by atoms with Crippen molar-refractivity contribution in [1.82, 2.24) is 10.1 Å². The van der Waals surface area contributed by atoms with Gasteiger partial charge in [-0.25, -0.2) is 12.8 Å². The number of nitrogens with zero attached hydrogens (tertiary/aromatic N) is 2. The maximum Gasteiger partial charge on any atom is 0.245 e.